The molecule has 1 fully saturated rings. The maximum Gasteiger partial charge on any atom is 0.289 e. The first-order valence-electron chi connectivity index (χ1n) is 9.30. The maximum absolute atomic E-state index is 12.7. The van der Waals surface area contributed by atoms with Gasteiger partial charge in [0, 0.05) is 17.1 Å². The van der Waals surface area contributed by atoms with Crippen molar-refractivity contribution in [2.24, 2.45) is 5.92 Å². The van der Waals surface area contributed by atoms with Gasteiger partial charge in [-0.15, -0.1) is 0 Å². The number of ether oxygens (including phenoxy) is 1. The molecule has 0 aliphatic carbocycles. The molecular formula is C22H21ClN2O3S. The van der Waals surface area contributed by atoms with Gasteiger partial charge in [-0.05, 0) is 42.2 Å². The summed E-state index contributed by atoms with van der Waals surface area (Å²) in [6.45, 7) is 4.59. The summed E-state index contributed by atoms with van der Waals surface area (Å²) in [7, 11) is 0. The van der Waals surface area contributed by atoms with Crippen LogP contribution in [0.25, 0.3) is 0 Å². The highest BCUT2D eigenvalue weighted by Crippen LogP contribution is 2.34. The lowest BCUT2D eigenvalue weighted by Gasteiger charge is -2.17. The Bertz CT molecular complexity index is 971. The van der Waals surface area contributed by atoms with Crippen LogP contribution in [0.3, 0.4) is 0 Å². The Morgan fingerprint density at radius 1 is 1.21 bits per heavy atom. The van der Waals surface area contributed by atoms with E-state index in [1.807, 2.05) is 26.0 Å². The molecule has 0 N–H and O–H groups in total. The number of carbonyl (C=O) groups excluding carboxylic acids is 2. The molecule has 7 heteroatoms. The fourth-order valence-corrected chi connectivity index (χ4v) is 4.34. The van der Waals surface area contributed by atoms with E-state index in [1.165, 1.54) is 4.90 Å². The molecule has 1 heterocycles. The van der Waals surface area contributed by atoms with Crippen LogP contribution in [-0.2, 0) is 17.8 Å². The normalized spacial score (nSPS) is 16.4. The summed E-state index contributed by atoms with van der Waals surface area (Å²) < 4.78 is 5.96. The minimum absolute atomic E-state index is 0.172. The second kappa shape index (κ2) is 9.34. The molecule has 0 radical (unpaired) electrons. The van der Waals surface area contributed by atoms with Gasteiger partial charge < -0.3 is 4.74 Å². The van der Waals surface area contributed by atoms with E-state index in [2.05, 4.69) is 6.07 Å². The summed E-state index contributed by atoms with van der Waals surface area (Å²) in [6.07, 6.45) is 0.347. The first kappa shape index (κ1) is 21.2. The number of rotatable bonds is 7. The van der Waals surface area contributed by atoms with Gasteiger partial charge in [0.05, 0.1) is 16.9 Å². The monoisotopic (exact) mass is 428 g/mol. The first-order chi connectivity index (χ1) is 13.9. The molecule has 1 atom stereocenters. The van der Waals surface area contributed by atoms with Crippen LogP contribution in [0.15, 0.2) is 42.5 Å². The molecule has 2 aromatic carbocycles. The zero-order chi connectivity index (χ0) is 21.0. The van der Waals surface area contributed by atoms with Crippen molar-refractivity contribution in [3.05, 3.63) is 64.2 Å². The number of hydrogen-bond acceptors (Lipinski definition) is 5. The van der Waals surface area contributed by atoms with Crippen LogP contribution in [0.1, 0.15) is 30.5 Å². The molecule has 5 nitrogen and oxygen atoms in total. The molecule has 29 heavy (non-hydrogen) atoms. The predicted octanol–water partition coefficient (Wildman–Crippen LogP) is 5.05. The van der Waals surface area contributed by atoms with Gasteiger partial charge in [-0.25, -0.2) is 0 Å². The average molecular weight is 429 g/mol. The number of thioether (sulfide) groups is 1. The van der Waals surface area contributed by atoms with Crippen LogP contribution in [-0.4, -0.2) is 27.8 Å². The molecule has 3 rings (SSSR count). The van der Waals surface area contributed by atoms with Crippen molar-refractivity contribution in [3.63, 3.8) is 0 Å². The van der Waals surface area contributed by atoms with Gasteiger partial charge in [0.1, 0.15) is 12.4 Å². The third-order valence-electron chi connectivity index (χ3n) is 4.50. The lowest BCUT2D eigenvalue weighted by Crippen LogP contribution is -2.35. The minimum Gasteiger partial charge on any atom is -0.489 e. The molecule has 150 valence electrons. The first-order valence-corrected chi connectivity index (χ1v) is 10.6. The largest absolute Gasteiger partial charge is 0.489 e. The van der Waals surface area contributed by atoms with Crippen LogP contribution in [0, 0.1) is 17.2 Å². The van der Waals surface area contributed by atoms with Crippen molar-refractivity contribution in [2.45, 2.75) is 32.1 Å². The van der Waals surface area contributed by atoms with E-state index in [0.29, 0.717) is 29.3 Å². The average Bonchev–Trinajstić information content (AvgIpc) is 2.94. The van der Waals surface area contributed by atoms with Crippen LogP contribution < -0.4 is 4.74 Å². The van der Waals surface area contributed by atoms with Crippen LogP contribution in [0.4, 0.5) is 4.79 Å². The lowest BCUT2D eigenvalue weighted by atomic mass is 10.1. The quantitative estimate of drug-likeness (QED) is 0.616. The Morgan fingerprint density at radius 2 is 1.97 bits per heavy atom. The summed E-state index contributed by atoms with van der Waals surface area (Å²) >= 11 is 7.21. The van der Waals surface area contributed by atoms with Crippen molar-refractivity contribution in [3.8, 4) is 11.8 Å². The zero-order valence-corrected chi connectivity index (χ0v) is 17.8. The van der Waals surface area contributed by atoms with Gasteiger partial charge in [-0.2, -0.15) is 5.26 Å². The molecule has 2 aromatic rings. The van der Waals surface area contributed by atoms with E-state index in [-0.39, 0.29) is 23.7 Å². The van der Waals surface area contributed by atoms with Gasteiger partial charge in [0.15, 0.2) is 0 Å². The third kappa shape index (κ3) is 5.11. The number of carbonyl (C=O) groups is 2. The van der Waals surface area contributed by atoms with Gasteiger partial charge in [-0.3, -0.25) is 14.5 Å². The Balaban J connectivity index is 1.77. The molecular weight excluding hydrogens is 408 g/mol. The summed E-state index contributed by atoms with van der Waals surface area (Å²) in [4.78, 5) is 26.3. The topological polar surface area (TPSA) is 70.4 Å². The molecule has 0 bridgehead atoms. The predicted molar refractivity (Wildman–Crippen MR) is 114 cm³/mol. The number of amides is 2. The van der Waals surface area contributed by atoms with Crippen LogP contribution in [0.5, 0.6) is 5.75 Å². The molecule has 1 unspecified atom stereocenters. The molecule has 1 saturated heterocycles. The Morgan fingerprint density at radius 3 is 2.69 bits per heavy atom. The zero-order valence-electron chi connectivity index (χ0n) is 16.2. The standard InChI is InChI=1S/C22H21ClN2O3S/c1-14(2)12-25-21(26)20(29-22(25)27)10-17-9-18(23)7-8-19(17)28-13-16-6-4-3-5-15(16)11-24/h3-9,14,20H,10,12-13H2,1-2H3. The fraction of sp³-hybridized carbons (Fsp3) is 0.318. The highest BCUT2D eigenvalue weighted by molar-refractivity contribution is 8.15. The van der Waals surface area contributed by atoms with E-state index < -0.39 is 5.25 Å². The number of benzene rings is 2. The summed E-state index contributed by atoms with van der Waals surface area (Å²) in [5.74, 6) is 0.632. The van der Waals surface area contributed by atoms with Crippen molar-refractivity contribution < 1.29 is 14.3 Å². The van der Waals surface area contributed by atoms with E-state index in [9.17, 15) is 14.9 Å². The van der Waals surface area contributed by atoms with Crippen molar-refractivity contribution >= 4 is 34.5 Å². The van der Waals surface area contributed by atoms with Gasteiger partial charge in [-0.1, -0.05) is 55.4 Å². The highest BCUT2D eigenvalue weighted by atomic mass is 35.5. The second-order valence-corrected chi connectivity index (χ2v) is 8.82. The lowest BCUT2D eigenvalue weighted by molar-refractivity contribution is -0.127. The maximum atomic E-state index is 12.7. The number of imide groups is 1. The molecule has 1 aliphatic rings. The van der Waals surface area contributed by atoms with Crippen LogP contribution >= 0.6 is 23.4 Å². The highest BCUT2D eigenvalue weighted by Gasteiger charge is 2.40. The van der Waals surface area contributed by atoms with Crippen molar-refractivity contribution in [2.75, 3.05) is 6.54 Å². The summed E-state index contributed by atoms with van der Waals surface area (Å²) in [6, 6.07) is 14.6. The second-order valence-electron chi connectivity index (χ2n) is 7.23. The molecule has 0 saturated carbocycles. The molecule has 1 aliphatic heterocycles. The van der Waals surface area contributed by atoms with Crippen molar-refractivity contribution in [1.82, 2.24) is 4.90 Å². The molecule has 0 aromatic heterocycles. The SMILES string of the molecule is CC(C)CN1C(=O)SC(Cc2cc(Cl)ccc2OCc2ccccc2C#N)C1=O. The summed E-state index contributed by atoms with van der Waals surface area (Å²) in [5, 5.41) is 9.07. The van der Waals surface area contributed by atoms with Crippen molar-refractivity contribution in [1.29, 1.82) is 5.26 Å². The van der Waals surface area contributed by atoms with Gasteiger partial charge >= 0.3 is 0 Å². The van der Waals surface area contributed by atoms with E-state index >= 15 is 0 Å². The van der Waals surface area contributed by atoms with E-state index in [1.54, 1.807) is 30.3 Å². The molecule has 2 amide bonds. The number of hydrogen-bond donors (Lipinski definition) is 0. The van der Waals surface area contributed by atoms with Crippen LogP contribution in [0.2, 0.25) is 5.02 Å². The minimum atomic E-state index is -0.492. The Kier molecular flexibility index (Phi) is 6.83. The third-order valence-corrected chi connectivity index (χ3v) is 5.81. The van der Waals surface area contributed by atoms with E-state index in [4.69, 9.17) is 16.3 Å². The molecule has 0 spiro atoms. The summed E-state index contributed by atoms with van der Waals surface area (Å²) in [5.41, 5.74) is 2.09. The van der Waals surface area contributed by atoms with E-state index in [0.717, 1.165) is 22.9 Å². The fourth-order valence-electron chi connectivity index (χ4n) is 3.12. The Labute approximate surface area is 179 Å². The van der Waals surface area contributed by atoms with Gasteiger partial charge in [0.2, 0.25) is 5.91 Å². The van der Waals surface area contributed by atoms with Gasteiger partial charge in [0.25, 0.3) is 5.24 Å². The number of halogens is 1. The Hall–Kier alpha value is -2.49. The smallest absolute Gasteiger partial charge is 0.289 e. The number of nitriles is 1. The number of nitrogens with zero attached hydrogens (tertiary/aromatic N) is 2.